The molecule has 0 bridgehead atoms. The molecule has 3 rings (SSSR count). The topological polar surface area (TPSA) is 66.9 Å². The third kappa shape index (κ3) is 4.79. The molecule has 0 aromatic heterocycles. The number of benzene rings is 2. The van der Waals surface area contributed by atoms with Gasteiger partial charge in [0, 0.05) is 26.7 Å². The number of sulfonamides is 1. The van der Waals surface area contributed by atoms with Crippen molar-refractivity contribution in [3.05, 3.63) is 59.7 Å². The molecule has 0 spiro atoms. The van der Waals surface area contributed by atoms with Crippen LogP contribution in [0, 0.1) is 5.92 Å². The van der Waals surface area contributed by atoms with Gasteiger partial charge in [0.1, 0.15) is 5.75 Å². The molecule has 29 heavy (non-hydrogen) atoms. The molecule has 2 aromatic rings. The Morgan fingerprint density at radius 1 is 1.14 bits per heavy atom. The van der Waals surface area contributed by atoms with E-state index in [-0.39, 0.29) is 16.4 Å². The molecule has 1 saturated heterocycles. The van der Waals surface area contributed by atoms with Crippen molar-refractivity contribution < 1.29 is 17.9 Å². The van der Waals surface area contributed by atoms with Crippen molar-refractivity contribution >= 4 is 15.9 Å². The fourth-order valence-electron chi connectivity index (χ4n) is 3.52. The number of methoxy groups -OCH3 is 1. The first kappa shape index (κ1) is 21.3. The number of piperidine rings is 1. The van der Waals surface area contributed by atoms with Crippen LogP contribution in [0.5, 0.6) is 5.75 Å². The lowest BCUT2D eigenvalue weighted by Crippen LogP contribution is -2.38. The summed E-state index contributed by atoms with van der Waals surface area (Å²) >= 11 is 0. The molecule has 7 heteroatoms. The van der Waals surface area contributed by atoms with Gasteiger partial charge in [0.05, 0.1) is 17.6 Å². The minimum Gasteiger partial charge on any atom is -0.496 e. The summed E-state index contributed by atoms with van der Waals surface area (Å²) in [7, 11) is -0.472. The summed E-state index contributed by atoms with van der Waals surface area (Å²) in [5, 5.41) is 0. The molecule has 2 aromatic carbocycles. The quantitative estimate of drug-likeness (QED) is 0.724. The van der Waals surface area contributed by atoms with Crippen molar-refractivity contribution in [2.75, 3.05) is 27.2 Å². The lowest BCUT2D eigenvalue weighted by atomic mass is 10.0. The van der Waals surface area contributed by atoms with E-state index in [1.807, 2.05) is 30.3 Å². The van der Waals surface area contributed by atoms with Crippen molar-refractivity contribution in [1.29, 1.82) is 0 Å². The summed E-state index contributed by atoms with van der Waals surface area (Å²) in [5.74, 6) is 0.609. The minimum absolute atomic E-state index is 0.129. The zero-order valence-corrected chi connectivity index (χ0v) is 18.0. The van der Waals surface area contributed by atoms with E-state index in [1.165, 1.54) is 23.5 Å². The van der Waals surface area contributed by atoms with Crippen LogP contribution in [0.3, 0.4) is 0 Å². The number of carbonyl (C=O) groups is 1. The van der Waals surface area contributed by atoms with E-state index < -0.39 is 10.0 Å². The van der Waals surface area contributed by atoms with E-state index in [4.69, 9.17) is 4.74 Å². The van der Waals surface area contributed by atoms with E-state index in [0.29, 0.717) is 31.3 Å². The van der Waals surface area contributed by atoms with Gasteiger partial charge >= 0.3 is 0 Å². The van der Waals surface area contributed by atoms with Gasteiger partial charge in [-0.2, -0.15) is 4.31 Å². The van der Waals surface area contributed by atoms with Gasteiger partial charge in [0.15, 0.2) is 0 Å². The van der Waals surface area contributed by atoms with Crippen LogP contribution < -0.4 is 4.74 Å². The normalized spacial score (nSPS) is 15.8. The molecule has 0 aliphatic carbocycles. The lowest BCUT2D eigenvalue weighted by Gasteiger charge is -2.29. The Hall–Kier alpha value is -2.38. The van der Waals surface area contributed by atoms with Gasteiger partial charge < -0.3 is 9.64 Å². The predicted molar refractivity (Wildman–Crippen MR) is 112 cm³/mol. The fourth-order valence-corrected chi connectivity index (χ4v) is 5.02. The number of carbonyl (C=O) groups excluding carboxylic acids is 1. The number of ether oxygens (including phenoxy) is 1. The highest BCUT2D eigenvalue weighted by Gasteiger charge is 2.29. The molecule has 0 unspecified atom stereocenters. The van der Waals surface area contributed by atoms with Gasteiger partial charge in [-0.1, -0.05) is 37.3 Å². The van der Waals surface area contributed by atoms with Crippen molar-refractivity contribution in [2.45, 2.75) is 31.2 Å². The van der Waals surface area contributed by atoms with Crippen molar-refractivity contribution in [1.82, 2.24) is 9.21 Å². The number of rotatable bonds is 6. The zero-order valence-electron chi connectivity index (χ0n) is 17.2. The number of hydrogen-bond donors (Lipinski definition) is 0. The number of hydrogen-bond acceptors (Lipinski definition) is 4. The predicted octanol–water partition coefficient (Wildman–Crippen LogP) is 3.39. The van der Waals surface area contributed by atoms with Crippen LogP contribution in [0.4, 0.5) is 0 Å². The van der Waals surface area contributed by atoms with Gasteiger partial charge in [-0.25, -0.2) is 8.42 Å². The minimum atomic E-state index is -3.64. The molecule has 0 radical (unpaired) electrons. The lowest BCUT2D eigenvalue weighted by molar-refractivity contribution is 0.0781. The third-order valence-electron chi connectivity index (χ3n) is 5.39. The number of amides is 1. The molecule has 6 nitrogen and oxygen atoms in total. The van der Waals surface area contributed by atoms with Crippen LogP contribution in [0.25, 0.3) is 0 Å². The highest BCUT2D eigenvalue weighted by molar-refractivity contribution is 7.89. The average molecular weight is 417 g/mol. The summed E-state index contributed by atoms with van der Waals surface area (Å²) in [4.78, 5) is 14.8. The average Bonchev–Trinajstić information content (AvgIpc) is 2.73. The summed E-state index contributed by atoms with van der Waals surface area (Å²) in [6.07, 6.45) is 1.70. The molecule has 1 fully saturated rings. The first-order valence-electron chi connectivity index (χ1n) is 9.80. The summed E-state index contributed by atoms with van der Waals surface area (Å²) in [5.41, 5.74) is 1.24. The fraction of sp³-hybridized carbons (Fsp3) is 0.409. The Kier molecular flexibility index (Phi) is 6.59. The molecule has 0 atom stereocenters. The zero-order chi connectivity index (χ0) is 21.0. The molecule has 1 aliphatic heterocycles. The largest absolute Gasteiger partial charge is 0.496 e. The molecular formula is C22H28N2O4S. The Morgan fingerprint density at radius 3 is 2.41 bits per heavy atom. The van der Waals surface area contributed by atoms with Crippen LogP contribution in [0.2, 0.25) is 0 Å². The molecule has 1 heterocycles. The summed E-state index contributed by atoms with van der Waals surface area (Å²) < 4.78 is 33.0. The van der Waals surface area contributed by atoms with Crippen molar-refractivity contribution in [2.24, 2.45) is 5.92 Å². The van der Waals surface area contributed by atoms with Gasteiger partial charge in [0.25, 0.3) is 5.91 Å². The second-order valence-corrected chi connectivity index (χ2v) is 9.53. The third-order valence-corrected chi connectivity index (χ3v) is 7.29. The molecular weight excluding hydrogens is 388 g/mol. The molecule has 0 N–H and O–H groups in total. The molecule has 0 saturated carbocycles. The Balaban J connectivity index is 1.87. The van der Waals surface area contributed by atoms with E-state index in [9.17, 15) is 13.2 Å². The van der Waals surface area contributed by atoms with E-state index in [2.05, 4.69) is 6.92 Å². The van der Waals surface area contributed by atoms with Gasteiger partial charge in [-0.05, 0) is 42.5 Å². The van der Waals surface area contributed by atoms with E-state index in [1.54, 1.807) is 18.0 Å². The van der Waals surface area contributed by atoms with Gasteiger partial charge in [-0.3, -0.25) is 4.79 Å². The highest BCUT2D eigenvalue weighted by Crippen LogP contribution is 2.28. The van der Waals surface area contributed by atoms with E-state index >= 15 is 0 Å². The maximum Gasteiger partial charge on any atom is 0.257 e. The Morgan fingerprint density at radius 2 is 1.79 bits per heavy atom. The van der Waals surface area contributed by atoms with E-state index in [0.717, 1.165) is 18.4 Å². The second-order valence-electron chi connectivity index (χ2n) is 7.60. The molecule has 156 valence electrons. The standard InChI is InChI=1S/C22H28N2O4S/c1-17-11-13-24(14-12-17)29(26,27)19-9-10-21(28-3)20(15-19)22(25)23(2)16-18-7-5-4-6-8-18/h4-10,15,17H,11-14,16H2,1-3H3. The summed E-state index contributed by atoms with van der Waals surface area (Å²) in [6.45, 7) is 3.57. The van der Waals surface area contributed by atoms with Crippen LogP contribution >= 0.6 is 0 Å². The first-order valence-corrected chi connectivity index (χ1v) is 11.2. The van der Waals surface area contributed by atoms with Gasteiger partial charge in [-0.15, -0.1) is 0 Å². The SMILES string of the molecule is COc1ccc(S(=O)(=O)N2CCC(C)CC2)cc1C(=O)N(C)Cc1ccccc1. The van der Waals surface area contributed by atoms with Crippen LogP contribution in [0.1, 0.15) is 35.7 Å². The molecule has 1 aliphatic rings. The van der Waals surface area contributed by atoms with Crippen LogP contribution in [-0.4, -0.2) is 50.8 Å². The summed E-state index contributed by atoms with van der Waals surface area (Å²) in [6, 6.07) is 14.2. The Bertz CT molecular complexity index is 952. The monoisotopic (exact) mass is 416 g/mol. The second kappa shape index (κ2) is 8.97. The van der Waals surface area contributed by atoms with Gasteiger partial charge in [0.2, 0.25) is 10.0 Å². The van der Waals surface area contributed by atoms with Crippen molar-refractivity contribution in [3.8, 4) is 5.75 Å². The maximum atomic E-state index is 13.1. The first-order chi connectivity index (χ1) is 13.8. The smallest absolute Gasteiger partial charge is 0.257 e. The highest BCUT2D eigenvalue weighted by atomic mass is 32.2. The molecule has 1 amide bonds. The van der Waals surface area contributed by atoms with Crippen LogP contribution in [-0.2, 0) is 16.6 Å². The Labute approximate surface area is 173 Å². The van der Waals surface area contributed by atoms with Crippen molar-refractivity contribution in [3.63, 3.8) is 0 Å². The van der Waals surface area contributed by atoms with Crippen LogP contribution in [0.15, 0.2) is 53.4 Å². The number of nitrogens with zero attached hydrogens (tertiary/aromatic N) is 2. The maximum absolute atomic E-state index is 13.1.